The molecule has 1 atom stereocenters. The van der Waals surface area contributed by atoms with E-state index in [2.05, 4.69) is 6.92 Å². The number of hydrogen-bond donors (Lipinski definition) is 0. The summed E-state index contributed by atoms with van der Waals surface area (Å²) in [5, 5.41) is 0. The molecule has 0 saturated carbocycles. The molecule has 2 heterocycles. The van der Waals surface area contributed by atoms with E-state index < -0.39 is 12.1 Å². The van der Waals surface area contributed by atoms with Gasteiger partial charge in [0.1, 0.15) is 11.5 Å². The van der Waals surface area contributed by atoms with Crippen LogP contribution in [0.15, 0.2) is 60.2 Å². The Kier molecular flexibility index (Phi) is 7.31. The van der Waals surface area contributed by atoms with Crippen LogP contribution < -0.4 is 28.4 Å². The van der Waals surface area contributed by atoms with Crippen LogP contribution in [0.3, 0.4) is 0 Å². The largest absolute Gasteiger partial charge is 0.494 e. The van der Waals surface area contributed by atoms with Crippen molar-refractivity contribution in [3.63, 3.8) is 0 Å². The Morgan fingerprint density at radius 1 is 0.895 bits per heavy atom. The van der Waals surface area contributed by atoms with Crippen molar-refractivity contribution in [3.05, 3.63) is 76.9 Å². The van der Waals surface area contributed by atoms with Crippen molar-refractivity contribution in [2.75, 3.05) is 34.7 Å². The molecule has 8 heteroatoms. The average molecular weight is 519 g/mol. The first-order valence-corrected chi connectivity index (χ1v) is 12.5. The van der Waals surface area contributed by atoms with Crippen molar-refractivity contribution >= 4 is 11.5 Å². The first-order chi connectivity index (χ1) is 18.6. The molecule has 0 radical (unpaired) electrons. The zero-order valence-corrected chi connectivity index (χ0v) is 21.9. The van der Waals surface area contributed by atoms with Crippen LogP contribution in [0.25, 0.3) is 5.57 Å². The Morgan fingerprint density at radius 3 is 2.45 bits per heavy atom. The molecule has 8 nitrogen and oxygen atoms in total. The summed E-state index contributed by atoms with van der Waals surface area (Å²) in [4.78, 5) is 13.4. The fourth-order valence-corrected chi connectivity index (χ4v) is 4.63. The van der Waals surface area contributed by atoms with Crippen LogP contribution in [0.1, 0.15) is 42.6 Å². The standard InChI is InChI=1S/C30H30O8/c1-5-6-13-35-20-9-12-22-21(16-20)27(18-7-11-24-26(14-18)37-17-36-24)28(30(31)34-4)29(38-22)19-8-10-23(32-2)25(15-19)33-3/h7-12,14-16,29H,5-6,13,17H2,1-4H3. The lowest BCUT2D eigenvalue weighted by atomic mass is 9.85. The van der Waals surface area contributed by atoms with Gasteiger partial charge in [-0.25, -0.2) is 4.79 Å². The number of esters is 1. The molecular weight excluding hydrogens is 488 g/mol. The summed E-state index contributed by atoms with van der Waals surface area (Å²) in [7, 11) is 4.49. The molecule has 1 unspecified atom stereocenters. The second-order valence-electron chi connectivity index (χ2n) is 8.82. The second kappa shape index (κ2) is 11.0. The van der Waals surface area contributed by atoms with Crippen LogP contribution in [0.5, 0.6) is 34.5 Å². The lowest BCUT2D eigenvalue weighted by Crippen LogP contribution is -2.24. The lowest BCUT2D eigenvalue weighted by molar-refractivity contribution is -0.137. The monoisotopic (exact) mass is 518 g/mol. The van der Waals surface area contributed by atoms with Gasteiger partial charge >= 0.3 is 5.97 Å². The van der Waals surface area contributed by atoms with E-state index in [0.29, 0.717) is 57.8 Å². The van der Waals surface area contributed by atoms with Crippen molar-refractivity contribution in [1.82, 2.24) is 0 Å². The van der Waals surface area contributed by atoms with Crippen molar-refractivity contribution in [2.24, 2.45) is 0 Å². The highest BCUT2D eigenvalue weighted by Gasteiger charge is 2.37. The zero-order chi connectivity index (χ0) is 26.6. The quantitative estimate of drug-likeness (QED) is 0.263. The van der Waals surface area contributed by atoms with E-state index in [-0.39, 0.29) is 6.79 Å². The Bertz CT molecular complexity index is 1380. The van der Waals surface area contributed by atoms with E-state index in [0.717, 1.165) is 24.0 Å². The van der Waals surface area contributed by atoms with E-state index in [1.165, 1.54) is 7.11 Å². The molecule has 0 aliphatic carbocycles. The molecule has 0 aromatic heterocycles. The molecule has 0 N–H and O–H groups in total. The van der Waals surface area contributed by atoms with Crippen molar-refractivity contribution < 1.29 is 38.0 Å². The fraction of sp³-hybridized carbons (Fsp3) is 0.300. The highest BCUT2D eigenvalue weighted by Crippen LogP contribution is 2.49. The molecule has 5 rings (SSSR count). The number of methoxy groups -OCH3 is 3. The van der Waals surface area contributed by atoms with E-state index >= 15 is 0 Å². The van der Waals surface area contributed by atoms with Gasteiger partial charge in [-0.15, -0.1) is 0 Å². The highest BCUT2D eigenvalue weighted by molar-refractivity contribution is 6.05. The number of benzene rings is 3. The van der Waals surface area contributed by atoms with Gasteiger partial charge in [0.05, 0.1) is 33.5 Å². The Morgan fingerprint density at radius 2 is 1.68 bits per heavy atom. The molecule has 3 aromatic carbocycles. The third-order valence-corrected chi connectivity index (χ3v) is 6.54. The van der Waals surface area contributed by atoms with Crippen molar-refractivity contribution in [1.29, 1.82) is 0 Å². The molecular formula is C30H30O8. The van der Waals surface area contributed by atoms with Gasteiger partial charge in [0.2, 0.25) is 6.79 Å². The molecule has 0 amide bonds. The van der Waals surface area contributed by atoms with Gasteiger partial charge in [0, 0.05) is 16.7 Å². The van der Waals surface area contributed by atoms with Crippen LogP contribution in [-0.2, 0) is 9.53 Å². The fourth-order valence-electron chi connectivity index (χ4n) is 4.63. The second-order valence-corrected chi connectivity index (χ2v) is 8.82. The van der Waals surface area contributed by atoms with Gasteiger partial charge in [-0.05, 0) is 54.4 Å². The van der Waals surface area contributed by atoms with Gasteiger partial charge in [-0.1, -0.05) is 25.5 Å². The van der Waals surface area contributed by atoms with Crippen LogP contribution in [0.4, 0.5) is 0 Å². The minimum absolute atomic E-state index is 0.144. The maximum Gasteiger partial charge on any atom is 0.338 e. The molecule has 0 saturated heterocycles. The molecule has 0 fully saturated rings. The summed E-state index contributed by atoms with van der Waals surface area (Å²) >= 11 is 0. The first-order valence-electron chi connectivity index (χ1n) is 12.5. The van der Waals surface area contributed by atoms with E-state index in [1.54, 1.807) is 26.4 Å². The molecule has 3 aromatic rings. The number of hydrogen-bond acceptors (Lipinski definition) is 8. The number of ether oxygens (including phenoxy) is 7. The van der Waals surface area contributed by atoms with Gasteiger partial charge in [-0.3, -0.25) is 0 Å². The Hall–Kier alpha value is -4.33. The topological polar surface area (TPSA) is 81.7 Å². The number of carbonyl (C=O) groups excluding carboxylic acids is 1. The predicted molar refractivity (Wildman–Crippen MR) is 140 cm³/mol. The Balaban J connectivity index is 1.72. The maximum atomic E-state index is 13.4. The zero-order valence-electron chi connectivity index (χ0n) is 21.9. The van der Waals surface area contributed by atoms with Gasteiger partial charge < -0.3 is 33.2 Å². The number of rotatable bonds is 9. The van der Waals surface area contributed by atoms with Crippen LogP contribution >= 0.6 is 0 Å². The van der Waals surface area contributed by atoms with E-state index in [4.69, 9.17) is 33.2 Å². The number of unbranched alkanes of at least 4 members (excludes halogenated alkanes) is 1. The molecule has 0 bridgehead atoms. The predicted octanol–water partition coefficient (Wildman–Crippen LogP) is 5.72. The number of carbonyl (C=O) groups is 1. The molecule has 2 aliphatic rings. The minimum atomic E-state index is -0.776. The van der Waals surface area contributed by atoms with Gasteiger partial charge in [0.25, 0.3) is 0 Å². The summed E-state index contributed by atoms with van der Waals surface area (Å²) in [6.45, 7) is 2.85. The van der Waals surface area contributed by atoms with Crippen LogP contribution in [0.2, 0.25) is 0 Å². The SMILES string of the molecule is CCCCOc1ccc2c(c1)C(c1ccc3c(c1)OCO3)=C(C(=O)OC)C(c1ccc(OC)c(OC)c1)O2. The summed E-state index contributed by atoms with van der Waals surface area (Å²) in [6, 6.07) is 16.7. The minimum Gasteiger partial charge on any atom is -0.494 e. The summed E-state index contributed by atoms with van der Waals surface area (Å²) in [6.07, 6.45) is 1.19. The average Bonchev–Trinajstić information content (AvgIpc) is 3.43. The van der Waals surface area contributed by atoms with Crippen molar-refractivity contribution in [3.8, 4) is 34.5 Å². The highest BCUT2D eigenvalue weighted by atomic mass is 16.7. The molecule has 38 heavy (non-hydrogen) atoms. The van der Waals surface area contributed by atoms with Gasteiger partial charge in [-0.2, -0.15) is 0 Å². The summed E-state index contributed by atoms with van der Waals surface area (Å²) in [5.41, 5.74) is 3.19. The maximum absolute atomic E-state index is 13.4. The summed E-state index contributed by atoms with van der Waals surface area (Å²) < 4.78 is 39.9. The third kappa shape index (κ3) is 4.69. The Labute approximate surface area is 221 Å². The van der Waals surface area contributed by atoms with Crippen molar-refractivity contribution in [2.45, 2.75) is 25.9 Å². The van der Waals surface area contributed by atoms with Crippen LogP contribution in [-0.4, -0.2) is 40.7 Å². The summed E-state index contributed by atoms with van der Waals surface area (Å²) in [5.74, 6) is 3.12. The lowest BCUT2D eigenvalue weighted by Gasteiger charge is -2.31. The van der Waals surface area contributed by atoms with E-state index in [1.807, 2.05) is 42.5 Å². The van der Waals surface area contributed by atoms with Gasteiger partial charge in [0.15, 0.2) is 29.1 Å². The molecule has 2 aliphatic heterocycles. The normalized spacial score (nSPS) is 15.4. The number of fused-ring (bicyclic) bond motifs is 2. The van der Waals surface area contributed by atoms with E-state index in [9.17, 15) is 4.79 Å². The smallest absolute Gasteiger partial charge is 0.338 e. The van der Waals surface area contributed by atoms with Crippen LogP contribution in [0, 0.1) is 0 Å². The first kappa shape index (κ1) is 25.3. The molecule has 198 valence electrons. The molecule has 0 spiro atoms. The third-order valence-electron chi connectivity index (χ3n) is 6.54.